The molecule has 2 atom stereocenters. The van der Waals surface area contributed by atoms with Crippen LogP contribution in [0.25, 0.3) is 0 Å². The van der Waals surface area contributed by atoms with Gasteiger partial charge in [-0.2, -0.15) is 0 Å². The normalized spacial score (nSPS) is 13.8. The first kappa shape index (κ1) is 19.3. The topological polar surface area (TPSA) is 72.5 Å². The average Bonchev–Trinajstić information content (AvgIpc) is 2.54. The molecule has 0 fully saturated rings. The molecule has 25 heavy (non-hydrogen) atoms. The highest BCUT2D eigenvalue weighted by molar-refractivity contribution is 7.90. The molecule has 0 aromatic heterocycles. The molecule has 0 bridgehead atoms. The van der Waals surface area contributed by atoms with Crippen LogP contribution in [0.4, 0.5) is 0 Å². The van der Waals surface area contributed by atoms with Gasteiger partial charge in [-0.3, -0.25) is 4.79 Å². The van der Waals surface area contributed by atoms with Crippen LogP contribution in [0.1, 0.15) is 25.5 Å². The lowest BCUT2D eigenvalue weighted by Gasteiger charge is -2.19. The Morgan fingerprint density at radius 2 is 1.76 bits per heavy atom. The number of carbonyl (C=O) groups is 1. The number of sulfone groups is 1. The molecule has 0 saturated carbocycles. The maximum Gasteiger partial charge on any atom is 0.261 e. The first-order chi connectivity index (χ1) is 11.7. The van der Waals surface area contributed by atoms with E-state index in [2.05, 4.69) is 5.32 Å². The number of ether oxygens (including phenoxy) is 1. The summed E-state index contributed by atoms with van der Waals surface area (Å²) in [7, 11) is -3.24. The Hall–Kier alpha value is -2.05. The van der Waals surface area contributed by atoms with Crippen molar-refractivity contribution in [1.82, 2.24) is 5.32 Å². The highest BCUT2D eigenvalue weighted by atomic mass is 35.5. The predicted molar refractivity (Wildman–Crippen MR) is 97.7 cm³/mol. The van der Waals surface area contributed by atoms with Crippen LogP contribution >= 0.6 is 11.6 Å². The largest absolute Gasteiger partial charge is 0.481 e. The summed E-state index contributed by atoms with van der Waals surface area (Å²) in [6.07, 6.45) is 0.457. The fraction of sp³-hybridized carbons (Fsp3) is 0.278. The minimum Gasteiger partial charge on any atom is -0.481 e. The zero-order valence-electron chi connectivity index (χ0n) is 14.2. The molecule has 0 aliphatic carbocycles. The molecule has 2 aromatic rings. The lowest BCUT2D eigenvalue weighted by atomic mass is 10.1. The van der Waals surface area contributed by atoms with Gasteiger partial charge >= 0.3 is 0 Å². The summed E-state index contributed by atoms with van der Waals surface area (Å²) in [6, 6.07) is 13.0. The van der Waals surface area contributed by atoms with E-state index in [0.717, 1.165) is 11.8 Å². The third-order valence-corrected chi connectivity index (χ3v) is 5.01. The van der Waals surface area contributed by atoms with Crippen LogP contribution in [-0.4, -0.2) is 26.7 Å². The van der Waals surface area contributed by atoms with Crippen LogP contribution in [0.2, 0.25) is 5.02 Å². The Bertz CT molecular complexity index is 850. The van der Waals surface area contributed by atoms with Gasteiger partial charge in [0.1, 0.15) is 5.75 Å². The van der Waals surface area contributed by atoms with Crippen molar-refractivity contribution >= 4 is 27.3 Å². The number of benzene rings is 2. The number of amides is 1. The van der Waals surface area contributed by atoms with Crippen molar-refractivity contribution in [3.05, 3.63) is 59.1 Å². The molecule has 2 rings (SSSR count). The van der Waals surface area contributed by atoms with Gasteiger partial charge in [-0.1, -0.05) is 29.8 Å². The molecular weight excluding hydrogens is 362 g/mol. The van der Waals surface area contributed by atoms with Crippen molar-refractivity contribution in [1.29, 1.82) is 0 Å². The molecule has 0 unspecified atom stereocenters. The second-order valence-electron chi connectivity index (χ2n) is 5.79. The number of rotatable bonds is 6. The van der Waals surface area contributed by atoms with E-state index >= 15 is 0 Å². The fourth-order valence-electron chi connectivity index (χ4n) is 2.22. The SMILES string of the molecule is C[C@@H](Oc1cccc(Cl)c1)C(=O)N[C@H](C)c1ccc(S(C)(=O)=O)cc1. The summed E-state index contributed by atoms with van der Waals surface area (Å²) in [5, 5.41) is 3.37. The molecule has 0 saturated heterocycles. The molecule has 0 heterocycles. The van der Waals surface area contributed by atoms with E-state index in [9.17, 15) is 13.2 Å². The Morgan fingerprint density at radius 3 is 2.32 bits per heavy atom. The fourth-order valence-corrected chi connectivity index (χ4v) is 3.03. The third-order valence-electron chi connectivity index (χ3n) is 3.65. The van der Waals surface area contributed by atoms with Crippen LogP contribution in [0.5, 0.6) is 5.75 Å². The Balaban J connectivity index is 1.99. The molecule has 0 radical (unpaired) electrons. The minimum atomic E-state index is -3.24. The second-order valence-corrected chi connectivity index (χ2v) is 8.24. The zero-order valence-corrected chi connectivity index (χ0v) is 15.8. The van der Waals surface area contributed by atoms with Gasteiger partial charge in [0.15, 0.2) is 15.9 Å². The van der Waals surface area contributed by atoms with Gasteiger partial charge in [-0.05, 0) is 49.7 Å². The molecule has 0 aliphatic rings. The van der Waals surface area contributed by atoms with Crippen molar-refractivity contribution in [3.63, 3.8) is 0 Å². The lowest BCUT2D eigenvalue weighted by Crippen LogP contribution is -2.37. The van der Waals surface area contributed by atoms with Gasteiger partial charge < -0.3 is 10.1 Å². The van der Waals surface area contributed by atoms with Crippen LogP contribution in [0.3, 0.4) is 0 Å². The second kappa shape index (κ2) is 7.89. The average molecular weight is 382 g/mol. The highest BCUT2D eigenvalue weighted by Crippen LogP contribution is 2.19. The molecular formula is C18H20ClNO4S. The van der Waals surface area contributed by atoms with Crippen LogP contribution in [-0.2, 0) is 14.6 Å². The van der Waals surface area contributed by atoms with E-state index in [1.807, 2.05) is 6.92 Å². The Labute approximate surface area is 152 Å². The van der Waals surface area contributed by atoms with Gasteiger partial charge in [0.25, 0.3) is 5.91 Å². The van der Waals surface area contributed by atoms with Crippen LogP contribution in [0.15, 0.2) is 53.4 Å². The number of hydrogen-bond acceptors (Lipinski definition) is 4. The maximum absolute atomic E-state index is 12.3. The molecule has 7 heteroatoms. The van der Waals surface area contributed by atoms with Crippen LogP contribution in [0, 0.1) is 0 Å². The summed E-state index contributed by atoms with van der Waals surface area (Å²) >= 11 is 5.89. The van der Waals surface area contributed by atoms with E-state index in [0.29, 0.717) is 10.8 Å². The number of hydrogen-bond donors (Lipinski definition) is 1. The van der Waals surface area contributed by atoms with Crippen molar-refractivity contribution in [2.75, 3.05) is 6.26 Å². The van der Waals surface area contributed by atoms with E-state index < -0.39 is 15.9 Å². The van der Waals surface area contributed by atoms with Gasteiger partial charge in [0.05, 0.1) is 10.9 Å². The number of carbonyl (C=O) groups excluding carboxylic acids is 1. The van der Waals surface area contributed by atoms with E-state index in [1.54, 1.807) is 43.3 Å². The summed E-state index contributed by atoms with van der Waals surface area (Å²) in [4.78, 5) is 12.5. The smallest absolute Gasteiger partial charge is 0.261 e. The van der Waals surface area contributed by atoms with E-state index in [4.69, 9.17) is 16.3 Å². The number of halogens is 1. The Kier molecular flexibility index (Phi) is 6.08. The quantitative estimate of drug-likeness (QED) is 0.832. The van der Waals surface area contributed by atoms with E-state index in [-0.39, 0.29) is 16.8 Å². The summed E-state index contributed by atoms with van der Waals surface area (Å²) in [6.45, 7) is 3.47. The highest BCUT2D eigenvalue weighted by Gasteiger charge is 2.18. The first-order valence-electron chi connectivity index (χ1n) is 7.69. The van der Waals surface area contributed by atoms with Gasteiger partial charge in [-0.15, -0.1) is 0 Å². The van der Waals surface area contributed by atoms with E-state index in [1.165, 1.54) is 12.1 Å². The standard InChI is InChI=1S/C18H20ClNO4S/c1-12(14-7-9-17(10-8-14)25(3,22)23)20-18(21)13(2)24-16-6-4-5-15(19)11-16/h4-13H,1-3H3,(H,20,21)/t12-,13-/m1/s1. The molecule has 2 aromatic carbocycles. The summed E-state index contributed by atoms with van der Waals surface area (Å²) < 4.78 is 28.5. The molecule has 5 nitrogen and oxygen atoms in total. The predicted octanol–water partition coefficient (Wildman–Crippen LogP) is 3.39. The lowest BCUT2D eigenvalue weighted by molar-refractivity contribution is -0.127. The third kappa shape index (κ3) is 5.47. The Morgan fingerprint density at radius 1 is 1.12 bits per heavy atom. The van der Waals surface area contributed by atoms with Crippen molar-refractivity contribution in [3.8, 4) is 5.75 Å². The summed E-state index contributed by atoms with van der Waals surface area (Å²) in [5.41, 5.74) is 0.802. The molecule has 134 valence electrons. The zero-order chi connectivity index (χ0) is 18.6. The molecule has 1 amide bonds. The van der Waals surface area contributed by atoms with Crippen molar-refractivity contribution < 1.29 is 17.9 Å². The first-order valence-corrected chi connectivity index (χ1v) is 9.96. The van der Waals surface area contributed by atoms with Crippen molar-refractivity contribution in [2.24, 2.45) is 0 Å². The van der Waals surface area contributed by atoms with Gasteiger partial charge in [-0.25, -0.2) is 8.42 Å². The minimum absolute atomic E-state index is 0.243. The molecule has 1 N–H and O–H groups in total. The summed E-state index contributed by atoms with van der Waals surface area (Å²) in [5.74, 6) is 0.236. The maximum atomic E-state index is 12.3. The number of nitrogens with one attached hydrogen (secondary N) is 1. The van der Waals surface area contributed by atoms with Crippen molar-refractivity contribution in [2.45, 2.75) is 30.9 Å². The van der Waals surface area contributed by atoms with Gasteiger partial charge in [0, 0.05) is 11.3 Å². The van der Waals surface area contributed by atoms with Gasteiger partial charge in [0.2, 0.25) is 0 Å². The molecule has 0 aliphatic heterocycles. The monoisotopic (exact) mass is 381 g/mol. The van der Waals surface area contributed by atoms with Crippen LogP contribution < -0.4 is 10.1 Å². The molecule has 0 spiro atoms.